The van der Waals surface area contributed by atoms with Crippen LogP contribution in [0, 0.1) is 0 Å². The third-order valence-corrected chi connectivity index (χ3v) is 3.22. The Morgan fingerprint density at radius 3 is 3.00 bits per heavy atom. The van der Waals surface area contributed by atoms with E-state index in [1.807, 2.05) is 18.2 Å². The molecule has 2 aromatic rings. The van der Waals surface area contributed by atoms with Gasteiger partial charge < -0.3 is 14.5 Å². The van der Waals surface area contributed by atoms with Crippen LogP contribution in [0.3, 0.4) is 0 Å². The molecule has 5 heteroatoms. The molecule has 0 spiro atoms. The van der Waals surface area contributed by atoms with Crippen LogP contribution in [0.4, 0.5) is 0 Å². The number of benzene rings is 1. The van der Waals surface area contributed by atoms with Crippen molar-refractivity contribution in [3.05, 3.63) is 30.0 Å². The zero-order valence-electron chi connectivity index (χ0n) is 10.7. The topological polar surface area (TPSA) is 51.3 Å². The van der Waals surface area contributed by atoms with Crippen LogP contribution in [0.2, 0.25) is 0 Å². The van der Waals surface area contributed by atoms with Crippen molar-refractivity contribution in [1.82, 2.24) is 4.98 Å². The SMILES string of the molecule is CCOC(=O)c1cc2c(OCCCBr)cccc2[nH]1. The number of hydrogen-bond donors (Lipinski definition) is 1. The van der Waals surface area contributed by atoms with E-state index in [-0.39, 0.29) is 5.97 Å². The molecule has 0 aliphatic rings. The second kappa shape index (κ2) is 6.61. The normalized spacial score (nSPS) is 10.6. The van der Waals surface area contributed by atoms with Crippen LogP contribution >= 0.6 is 15.9 Å². The maximum atomic E-state index is 11.7. The fourth-order valence-electron chi connectivity index (χ4n) is 1.81. The molecule has 0 fully saturated rings. The van der Waals surface area contributed by atoms with E-state index >= 15 is 0 Å². The largest absolute Gasteiger partial charge is 0.493 e. The van der Waals surface area contributed by atoms with E-state index in [2.05, 4.69) is 20.9 Å². The van der Waals surface area contributed by atoms with Gasteiger partial charge >= 0.3 is 5.97 Å². The molecule has 1 aromatic carbocycles. The third-order valence-electron chi connectivity index (χ3n) is 2.66. The predicted molar refractivity (Wildman–Crippen MR) is 78.2 cm³/mol. The molecule has 0 aliphatic carbocycles. The summed E-state index contributed by atoms with van der Waals surface area (Å²) in [6, 6.07) is 7.49. The first-order valence-corrected chi connectivity index (χ1v) is 7.36. The van der Waals surface area contributed by atoms with E-state index in [4.69, 9.17) is 9.47 Å². The van der Waals surface area contributed by atoms with Crippen LogP contribution in [0.5, 0.6) is 5.75 Å². The van der Waals surface area contributed by atoms with Crippen molar-refractivity contribution in [2.75, 3.05) is 18.5 Å². The number of alkyl halides is 1. The Kier molecular flexibility index (Phi) is 4.85. The fourth-order valence-corrected chi connectivity index (χ4v) is 2.04. The van der Waals surface area contributed by atoms with Crippen LogP contribution in [-0.4, -0.2) is 29.5 Å². The van der Waals surface area contributed by atoms with Gasteiger partial charge in [0.05, 0.1) is 13.2 Å². The van der Waals surface area contributed by atoms with Crippen molar-refractivity contribution >= 4 is 32.8 Å². The summed E-state index contributed by atoms with van der Waals surface area (Å²) < 4.78 is 10.7. The molecule has 0 aliphatic heterocycles. The molecule has 0 saturated heterocycles. The average molecular weight is 326 g/mol. The first-order valence-electron chi connectivity index (χ1n) is 6.24. The van der Waals surface area contributed by atoms with Crippen molar-refractivity contribution in [1.29, 1.82) is 0 Å². The summed E-state index contributed by atoms with van der Waals surface area (Å²) in [6.07, 6.45) is 0.936. The summed E-state index contributed by atoms with van der Waals surface area (Å²) in [5.74, 6) is 0.440. The van der Waals surface area contributed by atoms with Gasteiger partial charge in [-0.2, -0.15) is 0 Å². The number of fused-ring (bicyclic) bond motifs is 1. The lowest BCUT2D eigenvalue weighted by Crippen LogP contribution is -2.04. The Morgan fingerprint density at radius 2 is 2.26 bits per heavy atom. The zero-order chi connectivity index (χ0) is 13.7. The Balaban J connectivity index is 2.26. The van der Waals surface area contributed by atoms with Gasteiger partial charge in [-0.05, 0) is 31.5 Å². The van der Waals surface area contributed by atoms with E-state index in [9.17, 15) is 4.79 Å². The first-order chi connectivity index (χ1) is 9.26. The van der Waals surface area contributed by atoms with Crippen LogP contribution in [0.25, 0.3) is 10.9 Å². The molecular formula is C14H16BrNO3. The van der Waals surface area contributed by atoms with E-state index < -0.39 is 0 Å². The number of halogens is 1. The molecular weight excluding hydrogens is 310 g/mol. The standard InChI is InChI=1S/C14H16BrNO3/c1-2-18-14(17)12-9-10-11(16-12)5-3-6-13(10)19-8-4-7-15/h3,5-6,9,16H,2,4,7-8H2,1H3. The Morgan fingerprint density at radius 1 is 1.42 bits per heavy atom. The smallest absolute Gasteiger partial charge is 0.354 e. The van der Waals surface area contributed by atoms with Crippen LogP contribution in [0.15, 0.2) is 24.3 Å². The highest BCUT2D eigenvalue weighted by molar-refractivity contribution is 9.09. The minimum atomic E-state index is -0.342. The number of hydrogen-bond acceptors (Lipinski definition) is 3. The lowest BCUT2D eigenvalue weighted by Gasteiger charge is -2.05. The maximum absolute atomic E-state index is 11.7. The minimum absolute atomic E-state index is 0.342. The van der Waals surface area contributed by atoms with Gasteiger partial charge in [0.1, 0.15) is 11.4 Å². The second-order valence-electron chi connectivity index (χ2n) is 4.01. The fraction of sp³-hybridized carbons (Fsp3) is 0.357. The van der Waals surface area contributed by atoms with E-state index in [0.717, 1.165) is 28.4 Å². The van der Waals surface area contributed by atoms with Gasteiger partial charge in [0.2, 0.25) is 0 Å². The monoisotopic (exact) mass is 325 g/mol. The van der Waals surface area contributed by atoms with Gasteiger partial charge in [0, 0.05) is 16.2 Å². The number of H-pyrrole nitrogens is 1. The van der Waals surface area contributed by atoms with Gasteiger partial charge in [0.15, 0.2) is 0 Å². The second-order valence-corrected chi connectivity index (χ2v) is 4.80. The highest BCUT2D eigenvalue weighted by Gasteiger charge is 2.12. The number of carbonyl (C=O) groups excluding carboxylic acids is 1. The van der Waals surface area contributed by atoms with Gasteiger partial charge in [-0.15, -0.1) is 0 Å². The summed E-state index contributed by atoms with van der Waals surface area (Å²) in [5.41, 5.74) is 1.33. The van der Waals surface area contributed by atoms with Gasteiger partial charge in [-0.1, -0.05) is 22.0 Å². The Hall–Kier alpha value is -1.49. The summed E-state index contributed by atoms with van der Waals surface area (Å²) >= 11 is 3.37. The van der Waals surface area contributed by atoms with Gasteiger partial charge in [-0.25, -0.2) is 4.79 Å². The van der Waals surface area contributed by atoms with Gasteiger partial charge in [0.25, 0.3) is 0 Å². The minimum Gasteiger partial charge on any atom is -0.493 e. The average Bonchev–Trinajstić information content (AvgIpc) is 2.84. The molecule has 1 heterocycles. The third kappa shape index (κ3) is 3.29. The summed E-state index contributed by atoms with van der Waals surface area (Å²) in [4.78, 5) is 14.7. The predicted octanol–water partition coefficient (Wildman–Crippen LogP) is 3.51. The van der Waals surface area contributed by atoms with Gasteiger partial charge in [-0.3, -0.25) is 0 Å². The first kappa shape index (κ1) is 13.9. The van der Waals surface area contributed by atoms with E-state index in [0.29, 0.717) is 18.9 Å². The van der Waals surface area contributed by atoms with Crippen LogP contribution in [-0.2, 0) is 4.74 Å². The number of nitrogens with one attached hydrogen (secondary N) is 1. The van der Waals surface area contributed by atoms with Crippen molar-refractivity contribution in [2.45, 2.75) is 13.3 Å². The molecule has 0 bridgehead atoms. The quantitative estimate of drug-likeness (QED) is 0.502. The number of aromatic amines is 1. The number of carbonyl (C=O) groups is 1. The van der Waals surface area contributed by atoms with Crippen molar-refractivity contribution < 1.29 is 14.3 Å². The van der Waals surface area contributed by atoms with Crippen LogP contribution in [0.1, 0.15) is 23.8 Å². The summed E-state index contributed by atoms with van der Waals surface area (Å²) in [6.45, 7) is 2.79. The lowest BCUT2D eigenvalue weighted by atomic mass is 10.2. The molecule has 0 radical (unpaired) electrons. The number of rotatable bonds is 6. The molecule has 0 atom stereocenters. The molecule has 19 heavy (non-hydrogen) atoms. The Bertz CT molecular complexity index is 565. The number of aromatic nitrogens is 1. The molecule has 102 valence electrons. The van der Waals surface area contributed by atoms with Crippen LogP contribution < -0.4 is 4.74 Å². The summed E-state index contributed by atoms with van der Waals surface area (Å²) in [7, 11) is 0. The Labute approximate surface area is 120 Å². The molecule has 0 unspecified atom stereocenters. The highest BCUT2D eigenvalue weighted by Crippen LogP contribution is 2.26. The zero-order valence-corrected chi connectivity index (χ0v) is 12.3. The van der Waals surface area contributed by atoms with E-state index in [1.54, 1.807) is 13.0 Å². The number of esters is 1. The molecule has 0 amide bonds. The van der Waals surface area contributed by atoms with Crippen molar-refractivity contribution in [3.63, 3.8) is 0 Å². The molecule has 0 saturated carbocycles. The molecule has 1 aromatic heterocycles. The molecule has 2 rings (SSSR count). The van der Waals surface area contributed by atoms with E-state index in [1.165, 1.54) is 0 Å². The number of ether oxygens (including phenoxy) is 2. The van der Waals surface area contributed by atoms with Crippen molar-refractivity contribution in [2.24, 2.45) is 0 Å². The maximum Gasteiger partial charge on any atom is 0.354 e. The summed E-state index contributed by atoms with van der Waals surface area (Å²) in [5, 5.41) is 1.81. The lowest BCUT2D eigenvalue weighted by molar-refractivity contribution is 0.0520. The van der Waals surface area contributed by atoms with Crippen molar-refractivity contribution in [3.8, 4) is 5.75 Å². The molecule has 4 nitrogen and oxygen atoms in total. The highest BCUT2D eigenvalue weighted by atomic mass is 79.9. The molecule has 1 N–H and O–H groups in total.